The van der Waals surface area contributed by atoms with Gasteiger partial charge in [-0.05, 0) is 69.3 Å². The van der Waals surface area contributed by atoms with Crippen LogP contribution in [0.25, 0.3) is 10.9 Å². The number of allylic oxidation sites excluding steroid dienone is 2. The second-order valence-corrected chi connectivity index (χ2v) is 9.48. The number of hydrogen-bond donors (Lipinski definition) is 1. The standard InChI is InChI=1S/C25H26N2O3S/c1-19-17-21(24-6-2-3-7-25(24)27-19)18-30-22-8-10-23(11-9-22)31(28,29)16-4-5-20-12-14-26-15-13-20/h2-11,16-17,26H,12-15,18H2,1H3/b16-4-. The molecule has 2 heterocycles. The van der Waals surface area contributed by atoms with Gasteiger partial charge < -0.3 is 10.1 Å². The molecule has 1 fully saturated rings. The van der Waals surface area contributed by atoms with E-state index in [0.717, 1.165) is 48.1 Å². The Morgan fingerprint density at radius 2 is 1.81 bits per heavy atom. The van der Waals surface area contributed by atoms with Crippen LogP contribution < -0.4 is 10.1 Å². The largest absolute Gasteiger partial charge is 0.489 e. The van der Waals surface area contributed by atoms with Gasteiger partial charge >= 0.3 is 0 Å². The van der Waals surface area contributed by atoms with Crippen LogP contribution in [0.3, 0.4) is 0 Å². The van der Waals surface area contributed by atoms with Crippen LogP contribution in [0, 0.1) is 6.92 Å². The van der Waals surface area contributed by atoms with Crippen molar-refractivity contribution in [2.75, 3.05) is 13.1 Å². The Labute approximate surface area is 183 Å². The zero-order chi connectivity index (χ0) is 21.7. The summed E-state index contributed by atoms with van der Waals surface area (Å²) in [5.74, 6) is 0.623. The Bertz CT molecular complexity index is 1220. The number of pyridine rings is 1. The molecule has 1 aliphatic rings. The van der Waals surface area contributed by atoms with Gasteiger partial charge in [-0.3, -0.25) is 4.98 Å². The minimum atomic E-state index is -3.48. The minimum Gasteiger partial charge on any atom is -0.489 e. The number of rotatable bonds is 6. The second-order valence-electron chi connectivity index (χ2n) is 7.65. The molecule has 1 aliphatic heterocycles. The first-order valence-corrected chi connectivity index (χ1v) is 12.0. The highest BCUT2D eigenvalue weighted by molar-refractivity contribution is 7.94. The van der Waals surface area contributed by atoms with Gasteiger partial charge in [0.15, 0.2) is 9.84 Å². The van der Waals surface area contributed by atoms with Crippen molar-refractivity contribution < 1.29 is 13.2 Å². The number of nitrogens with zero attached hydrogens (tertiary/aromatic N) is 1. The molecular weight excluding hydrogens is 408 g/mol. The van der Waals surface area contributed by atoms with Crippen LogP contribution in [-0.2, 0) is 16.4 Å². The smallest absolute Gasteiger partial charge is 0.199 e. The van der Waals surface area contributed by atoms with E-state index in [2.05, 4.69) is 10.3 Å². The number of piperidine rings is 1. The third-order valence-electron chi connectivity index (χ3n) is 5.31. The summed E-state index contributed by atoms with van der Waals surface area (Å²) < 4.78 is 31.1. The Balaban J connectivity index is 1.44. The monoisotopic (exact) mass is 434 g/mol. The molecule has 0 aliphatic carbocycles. The summed E-state index contributed by atoms with van der Waals surface area (Å²) >= 11 is 0. The van der Waals surface area contributed by atoms with Gasteiger partial charge in [0.25, 0.3) is 0 Å². The number of aromatic nitrogens is 1. The molecule has 3 aromatic rings. The molecule has 0 radical (unpaired) electrons. The van der Waals surface area contributed by atoms with Gasteiger partial charge in [0, 0.05) is 22.1 Å². The summed E-state index contributed by atoms with van der Waals surface area (Å²) in [6.07, 6.45) is 5.47. The summed E-state index contributed by atoms with van der Waals surface area (Å²) in [5.41, 5.74) is 4.19. The molecule has 2 aromatic carbocycles. The molecule has 0 unspecified atom stereocenters. The van der Waals surface area contributed by atoms with Crippen molar-refractivity contribution in [1.29, 1.82) is 0 Å². The molecule has 4 rings (SSSR count). The average molecular weight is 435 g/mol. The molecule has 0 atom stereocenters. The molecule has 0 saturated carbocycles. The Morgan fingerprint density at radius 1 is 1.06 bits per heavy atom. The number of ether oxygens (including phenoxy) is 1. The Morgan fingerprint density at radius 3 is 2.58 bits per heavy atom. The summed E-state index contributed by atoms with van der Waals surface area (Å²) in [7, 11) is -3.48. The lowest BCUT2D eigenvalue weighted by atomic mass is 10.1. The molecule has 0 spiro atoms. The van der Waals surface area contributed by atoms with Gasteiger partial charge in [0.1, 0.15) is 12.4 Å². The third-order valence-corrected chi connectivity index (χ3v) is 6.76. The Hall–Kier alpha value is -2.96. The molecule has 1 N–H and O–H groups in total. The van der Waals surface area contributed by atoms with E-state index in [1.54, 1.807) is 30.3 Å². The summed E-state index contributed by atoms with van der Waals surface area (Å²) in [5, 5.41) is 5.61. The molecule has 1 aromatic heterocycles. The van der Waals surface area contributed by atoms with E-state index in [1.807, 2.05) is 43.3 Å². The number of nitrogens with one attached hydrogen (secondary N) is 1. The van der Waals surface area contributed by atoms with E-state index >= 15 is 0 Å². The lowest BCUT2D eigenvalue weighted by Crippen LogP contribution is -2.22. The molecule has 1 saturated heterocycles. The molecule has 5 nitrogen and oxygen atoms in total. The highest BCUT2D eigenvalue weighted by Gasteiger charge is 2.11. The molecule has 31 heavy (non-hydrogen) atoms. The number of para-hydroxylation sites is 1. The second kappa shape index (κ2) is 9.45. The van der Waals surface area contributed by atoms with Crippen molar-refractivity contribution in [3.63, 3.8) is 0 Å². The average Bonchev–Trinajstić information content (AvgIpc) is 2.78. The van der Waals surface area contributed by atoms with Gasteiger partial charge in [-0.2, -0.15) is 0 Å². The third kappa shape index (κ3) is 5.40. The fourth-order valence-electron chi connectivity index (χ4n) is 3.67. The van der Waals surface area contributed by atoms with Gasteiger partial charge in [0.05, 0.1) is 10.4 Å². The van der Waals surface area contributed by atoms with Gasteiger partial charge in [-0.15, -0.1) is 0 Å². The van der Waals surface area contributed by atoms with E-state index in [-0.39, 0.29) is 4.90 Å². The van der Waals surface area contributed by atoms with E-state index < -0.39 is 9.84 Å². The fourth-order valence-corrected chi connectivity index (χ4v) is 4.63. The van der Waals surface area contributed by atoms with Crippen molar-refractivity contribution in [3.8, 4) is 5.75 Å². The molecule has 0 bridgehead atoms. The van der Waals surface area contributed by atoms with Crippen LogP contribution in [0.1, 0.15) is 24.1 Å². The van der Waals surface area contributed by atoms with E-state index in [1.165, 1.54) is 11.0 Å². The highest BCUT2D eigenvalue weighted by Crippen LogP contribution is 2.22. The quantitative estimate of drug-likeness (QED) is 0.608. The number of benzene rings is 2. The van der Waals surface area contributed by atoms with Crippen molar-refractivity contribution >= 4 is 20.7 Å². The first-order valence-electron chi connectivity index (χ1n) is 10.4. The summed E-state index contributed by atoms with van der Waals surface area (Å²) in [6, 6.07) is 16.5. The van der Waals surface area contributed by atoms with Crippen LogP contribution in [0.4, 0.5) is 0 Å². The number of fused-ring (bicyclic) bond motifs is 1. The predicted molar refractivity (Wildman–Crippen MR) is 124 cm³/mol. The van der Waals surface area contributed by atoms with E-state index in [0.29, 0.717) is 12.4 Å². The maximum Gasteiger partial charge on any atom is 0.199 e. The molecule has 160 valence electrons. The minimum absolute atomic E-state index is 0.255. The van der Waals surface area contributed by atoms with Gasteiger partial charge in [0.2, 0.25) is 0 Å². The first-order chi connectivity index (χ1) is 15.0. The maximum atomic E-state index is 12.6. The topological polar surface area (TPSA) is 68.3 Å². The fraction of sp³-hybridized carbons (Fsp3) is 0.240. The van der Waals surface area contributed by atoms with Crippen LogP contribution in [0.15, 0.2) is 82.6 Å². The first kappa shape index (κ1) is 21.3. The van der Waals surface area contributed by atoms with Crippen LogP contribution in [-0.4, -0.2) is 26.5 Å². The van der Waals surface area contributed by atoms with Gasteiger partial charge in [-0.25, -0.2) is 8.42 Å². The summed E-state index contributed by atoms with van der Waals surface area (Å²) in [6.45, 7) is 4.24. The lowest BCUT2D eigenvalue weighted by molar-refractivity contribution is 0.307. The normalized spacial score (nSPS) is 14.8. The highest BCUT2D eigenvalue weighted by atomic mass is 32.2. The van der Waals surface area contributed by atoms with E-state index in [9.17, 15) is 8.42 Å². The van der Waals surface area contributed by atoms with Crippen molar-refractivity contribution in [3.05, 3.63) is 89.0 Å². The zero-order valence-corrected chi connectivity index (χ0v) is 18.4. The molecule has 6 heteroatoms. The lowest BCUT2D eigenvalue weighted by Gasteiger charge is -2.14. The SMILES string of the molecule is Cc1cc(COc2ccc(S(=O)(=O)/C=C\C=C3CCNCC3)cc2)c2ccccc2n1. The maximum absolute atomic E-state index is 12.6. The number of hydrogen-bond acceptors (Lipinski definition) is 5. The van der Waals surface area contributed by atoms with Crippen LogP contribution in [0.5, 0.6) is 5.75 Å². The van der Waals surface area contributed by atoms with Crippen LogP contribution in [0.2, 0.25) is 0 Å². The van der Waals surface area contributed by atoms with Crippen molar-refractivity contribution in [1.82, 2.24) is 10.3 Å². The summed E-state index contributed by atoms with van der Waals surface area (Å²) in [4.78, 5) is 4.80. The van der Waals surface area contributed by atoms with E-state index in [4.69, 9.17) is 4.74 Å². The van der Waals surface area contributed by atoms with Crippen molar-refractivity contribution in [2.45, 2.75) is 31.3 Å². The molecular formula is C25H26N2O3S. The predicted octanol–water partition coefficient (Wildman–Crippen LogP) is 4.72. The number of aryl methyl sites for hydroxylation is 1. The molecule has 0 amide bonds. The number of sulfone groups is 1. The van der Waals surface area contributed by atoms with Crippen molar-refractivity contribution in [2.24, 2.45) is 0 Å². The zero-order valence-electron chi connectivity index (χ0n) is 17.5. The van der Waals surface area contributed by atoms with Gasteiger partial charge in [-0.1, -0.05) is 35.9 Å². The van der Waals surface area contributed by atoms with Crippen LogP contribution >= 0.6 is 0 Å². The Kier molecular flexibility index (Phi) is 6.49.